The fourth-order valence-electron chi connectivity index (χ4n) is 3.09. The van der Waals surface area contributed by atoms with Crippen LogP contribution in [0.15, 0.2) is 40.1 Å². The van der Waals surface area contributed by atoms with Crippen molar-refractivity contribution in [3.8, 4) is 0 Å². The Labute approximate surface area is 151 Å². The number of H-pyrrole nitrogens is 1. The molecule has 2 aromatic heterocycles. The number of aryl methyl sites for hydroxylation is 1. The van der Waals surface area contributed by atoms with Crippen LogP contribution >= 0.6 is 0 Å². The van der Waals surface area contributed by atoms with E-state index in [1.165, 1.54) is 32.3 Å². The Kier molecular flexibility index (Phi) is 4.54. The Morgan fingerprint density at radius 3 is 2.59 bits per heavy atom. The molecule has 3 aromatic rings. The third-order valence-corrected chi connectivity index (χ3v) is 4.45. The lowest BCUT2D eigenvalue weighted by atomic mass is 9.97. The van der Waals surface area contributed by atoms with Crippen LogP contribution in [0.4, 0.5) is 19.0 Å². The SMILES string of the molecule is Cc1c(C(C)Nc2nn(C)c(=O)c3cc(=O)[nH]cc23)cccc1C(F)(F)F. The molecule has 0 saturated carbocycles. The molecule has 2 heterocycles. The van der Waals surface area contributed by atoms with Crippen LogP contribution in [-0.4, -0.2) is 14.8 Å². The van der Waals surface area contributed by atoms with Crippen LogP contribution < -0.4 is 16.4 Å². The maximum atomic E-state index is 13.2. The number of hydrogen-bond donors (Lipinski definition) is 2. The standard InChI is InChI=1S/C18H17F3N4O2/c1-9-11(5-4-6-14(9)18(19,20)21)10(2)23-16-13-8-22-15(26)7-12(13)17(27)25(3)24-16/h4-8,10H,1-3H3,(H,22,26)(H,23,24). The topological polar surface area (TPSA) is 79.8 Å². The number of hydrogen-bond acceptors (Lipinski definition) is 4. The quantitative estimate of drug-likeness (QED) is 0.734. The molecule has 0 saturated heterocycles. The van der Waals surface area contributed by atoms with Crippen molar-refractivity contribution < 1.29 is 13.2 Å². The molecule has 0 fully saturated rings. The smallest absolute Gasteiger partial charge is 0.362 e. The van der Waals surface area contributed by atoms with E-state index in [1.807, 2.05) is 0 Å². The van der Waals surface area contributed by atoms with E-state index in [1.54, 1.807) is 13.0 Å². The maximum absolute atomic E-state index is 13.2. The van der Waals surface area contributed by atoms with Gasteiger partial charge in [-0.05, 0) is 31.0 Å². The summed E-state index contributed by atoms with van der Waals surface area (Å²) in [6.45, 7) is 3.12. The first-order valence-corrected chi connectivity index (χ1v) is 8.12. The van der Waals surface area contributed by atoms with Gasteiger partial charge in [-0.15, -0.1) is 0 Å². The van der Waals surface area contributed by atoms with E-state index in [9.17, 15) is 22.8 Å². The highest BCUT2D eigenvalue weighted by Crippen LogP contribution is 2.35. The Morgan fingerprint density at radius 1 is 1.22 bits per heavy atom. The first kappa shape index (κ1) is 18.7. The summed E-state index contributed by atoms with van der Waals surface area (Å²) in [6, 6.07) is 4.65. The molecule has 0 aliphatic heterocycles. The lowest BCUT2D eigenvalue weighted by Crippen LogP contribution is -2.24. The van der Waals surface area contributed by atoms with Crippen LogP contribution in [0.3, 0.4) is 0 Å². The van der Waals surface area contributed by atoms with Crippen molar-refractivity contribution in [1.29, 1.82) is 0 Å². The fraction of sp³-hybridized carbons (Fsp3) is 0.278. The zero-order valence-corrected chi connectivity index (χ0v) is 14.8. The molecular formula is C18H17F3N4O2. The second-order valence-electron chi connectivity index (χ2n) is 6.29. The molecule has 9 heteroatoms. The van der Waals surface area contributed by atoms with Crippen molar-refractivity contribution in [2.75, 3.05) is 5.32 Å². The van der Waals surface area contributed by atoms with Crippen molar-refractivity contribution in [3.63, 3.8) is 0 Å². The predicted molar refractivity (Wildman–Crippen MR) is 95.8 cm³/mol. The largest absolute Gasteiger partial charge is 0.416 e. The minimum atomic E-state index is -4.44. The number of nitrogens with zero attached hydrogens (tertiary/aromatic N) is 2. The molecule has 2 N–H and O–H groups in total. The fourth-order valence-corrected chi connectivity index (χ4v) is 3.09. The van der Waals surface area contributed by atoms with Gasteiger partial charge in [-0.1, -0.05) is 12.1 Å². The van der Waals surface area contributed by atoms with Gasteiger partial charge in [0.1, 0.15) is 0 Å². The van der Waals surface area contributed by atoms with Gasteiger partial charge in [-0.3, -0.25) is 9.59 Å². The molecule has 0 radical (unpaired) electrons. The molecule has 1 unspecified atom stereocenters. The van der Waals surface area contributed by atoms with Crippen LogP contribution in [0.5, 0.6) is 0 Å². The zero-order valence-electron chi connectivity index (χ0n) is 14.8. The molecule has 142 valence electrons. The predicted octanol–water partition coefficient (Wildman–Crippen LogP) is 3.12. The molecule has 1 aromatic carbocycles. The molecule has 6 nitrogen and oxygen atoms in total. The van der Waals surface area contributed by atoms with Crippen LogP contribution in [-0.2, 0) is 13.2 Å². The number of alkyl halides is 3. The lowest BCUT2D eigenvalue weighted by Gasteiger charge is -2.21. The van der Waals surface area contributed by atoms with E-state index in [0.717, 1.165) is 10.7 Å². The molecule has 0 bridgehead atoms. The number of halogens is 3. The summed E-state index contributed by atoms with van der Waals surface area (Å²) in [4.78, 5) is 26.2. The third kappa shape index (κ3) is 3.44. The second kappa shape index (κ2) is 6.57. The minimum Gasteiger partial charge on any atom is -0.362 e. The van der Waals surface area contributed by atoms with E-state index in [-0.39, 0.29) is 16.8 Å². The van der Waals surface area contributed by atoms with Crippen LogP contribution in [0, 0.1) is 6.92 Å². The molecule has 27 heavy (non-hydrogen) atoms. The minimum absolute atomic E-state index is 0.118. The third-order valence-electron chi connectivity index (χ3n) is 4.45. The number of aromatic amines is 1. The van der Waals surface area contributed by atoms with Gasteiger partial charge >= 0.3 is 6.18 Å². The summed E-state index contributed by atoms with van der Waals surface area (Å²) >= 11 is 0. The molecule has 0 amide bonds. The normalized spacial score (nSPS) is 13.0. The molecule has 0 spiro atoms. The average Bonchev–Trinajstić information content (AvgIpc) is 2.58. The lowest BCUT2D eigenvalue weighted by molar-refractivity contribution is -0.138. The van der Waals surface area contributed by atoms with E-state index in [4.69, 9.17) is 0 Å². The van der Waals surface area contributed by atoms with Crippen molar-refractivity contribution in [3.05, 3.63) is 67.9 Å². The van der Waals surface area contributed by atoms with Crippen LogP contribution in [0.1, 0.15) is 29.7 Å². The first-order valence-electron chi connectivity index (χ1n) is 8.12. The summed E-state index contributed by atoms with van der Waals surface area (Å²) in [7, 11) is 1.44. The van der Waals surface area contributed by atoms with Gasteiger partial charge in [-0.25, -0.2) is 4.68 Å². The van der Waals surface area contributed by atoms with E-state index >= 15 is 0 Å². The van der Waals surface area contributed by atoms with Gasteiger partial charge in [0.2, 0.25) is 5.56 Å². The highest BCUT2D eigenvalue weighted by molar-refractivity contribution is 5.90. The first-order chi connectivity index (χ1) is 12.6. The van der Waals surface area contributed by atoms with Crippen molar-refractivity contribution in [2.24, 2.45) is 7.05 Å². The van der Waals surface area contributed by atoms with E-state index in [0.29, 0.717) is 10.9 Å². The zero-order chi connectivity index (χ0) is 19.9. The Balaban J connectivity index is 2.08. The van der Waals surface area contributed by atoms with E-state index in [2.05, 4.69) is 15.4 Å². The van der Waals surface area contributed by atoms with Crippen molar-refractivity contribution in [2.45, 2.75) is 26.1 Å². The summed E-state index contributed by atoms with van der Waals surface area (Å²) in [5.74, 6) is 0.285. The highest BCUT2D eigenvalue weighted by Gasteiger charge is 2.33. The molecular weight excluding hydrogens is 361 g/mol. The molecule has 1 atom stereocenters. The summed E-state index contributed by atoms with van der Waals surface area (Å²) in [5.41, 5.74) is -0.995. The molecule has 0 aliphatic rings. The summed E-state index contributed by atoms with van der Waals surface area (Å²) < 4.78 is 40.6. The Hall–Kier alpha value is -3.10. The van der Waals surface area contributed by atoms with Gasteiger partial charge < -0.3 is 10.3 Å². The van der Waals surface area contributed by atoms with Gasteiger partial charge in [-0.2, -0.15) is 18.3 Å². The summed E-state index contributed by atoms with van der Waals surface area (Å²) in [5, 5.41) is 7.75. The van der Waals surface area contributed by atoms with Crippen molar-refractivity contribution >= 4 is 16.6 Å². The number of anilines is 1. The average molecular weight is 378 g/mol. The maximum Gasteiger partial charge on any atom is 0.416 e. The van der Waals surface area contributed by atoms with Crippen molar-refractivity contribution in [1.82, 2.24) is 14.8 Å². The monoisotopic (exact) mass is 378 g/mol. The number of pyridine rings is 1. The number of fused-ring (bicyclic) bond motifs is 1. The van der Waals surface area contributed by atoms with Gasteiger partial charge in [0.05, 0.1) is 17.0 Å². The summed E-state index contributed by atoms with van der Waals surface area (Å²) in [6.07, 6.45) is -3.08. The number of benzene rings is 1. The van der Waals surface area contributed by atoms with Gasteiger partial charge in [0.25, 0.3) is 5.56 Å². The number of aromatic nitrogens is 3. The Morgan fingerprint density at radius 2 is 1.93 bits per heavy atom. The molecule has 0 aliphatic carbocycles. The van der Waals surface area contributed by atoms with E-state index < -0.39 is 28.9 Å². The van der Waals surface area contributed by atoms with Gasteiger partial charge in [0.15, 0.2) is 5.82 Å². The van der Waals surface area contributed by atoms with Crippen LogP contribution in [0.2, 0.25) is 0 Å². The second-order valence-corrected chi connectivity index (χ2v) is 6.29. The van der Waals surface area contributed by atoms with Crippen LogP contribution in [0.25, 0.3) is 10.8 Å². The molecule has 3 rings (SSSR count). The van der Waals surface area contributed by atoms with Gasteiger partial charge in [0, 0.05) is 24.7 Å². The highest BCUT2D eigenvalue weighted by atomic mass is 19.4. The Bertz CT molecular complexity index is 1130. The number of rotatable bonds is 3. The number of nitrogens with one attached hydrogen (secondary N) is 2.